The van der Waals surface area contributed by atoms with Gasteiger partial charge in [-0.15, -0.1) is 0 Å². The molecule has 2 heterocycles. The Hall–Kier alpha value is -4.00. The van der Waals surface area contributed by atoms with Crippen molar-refractivity contribution in [2.75, 3.05) is 19.8 Å². The maximum atomic E-state index is 12.2. The van der Waals surface area contributed by atoms with E-state index in [2.05, 4.69) is 4.98 Å². The Morgan fingerprint density at radius 3 is 2.59 bits per heavy atom. The summed E-state index contributed by atoms with van der Waals surface area (Å²) >= 11 is 0. The normalized spacial score (nSPS) is 11.6. The Labute approximate surface area is 197 Å². The number of carbonyl (C=O) groups excluding carboxylic acids is 1. The van der Waals surface area contributed by atoms with Crippen molar-refractivity contribution in [2.24, 2.45) is 0 Å². The second-order valence-corrected chi connectivity index (χ2v) is 7.46. The molecule has 0 atom stereocenters. The SMILES string of the molecule is CCOC(=O)/C(=C/c1ccc(OCCc2nc(-c3ccccc3)oc2C)c2ccoc12)OCC. The molecule has 4 aromatic rings. The molecule has 176 valence electrons. The molecule has 0 saturated carbocycles. The molecular weight excluding hydrogens is 434 g/mol. The number of esters is 1. The number of aromatic nitrogens is 1. The van der Waals surface area contributed by atoms with Gasteiger partial charge in [-0.3, -0.25) is 0 Å². The smallest absolute Gasteiger partial charge is 0.373 e. The fourth-order valence-electron chi connectivity index (χ4n) is 3.58. The van der Waals surface area contributed by atoms with E-state index in [0.29, 0.717) is 42.4 Å². The summed E-state index contributed by atoms with van der Waals surface area (Å²) in [7, 11) is 0. The lowest BCUT2D eigenvalue weighted by Crippen LogP contribution is -2.10. The number of hydrogen-bond donors (Lipinski definition) is 0. The van der Waals surface area contributed by atoms with Gasteiger partial charge in [0.05, 0.1) is 37.2 Å². The van der Waals surface area contributed by atoms with Gasteiger partial charge in [-0.05, 0) is 57.2 Å². The molecule has 4 rings (SSSR count). The lowest BCUT2D eigenvalue weighted by atomic mass is 10.1. The van der Waals surface area contributed by atoms with Gasteiger partial charge in [0.15, 0.2) is 0 Å². The molecular formula is C27H27NO6. The maximum Gasteiger partial charge on any atom is 0.373 e. The first-order chi connectivity index (χ1) is 16.6. The van der Waals surface area contributed by atoms with Crippen LogP contribution in [-0.4, -0.2) is 30.8 Å². The van der Waals surface area contributed by atoms with E-state index in [1.165, 1.54) is 0 Å². The van der Waals surface area contributed by atoms with Crippen molar-refractivity contribution >= 4 is 23.0 Å². The average Bonchev–Trinajstić information content (AvgIpc) is 3.48. The van der Waals surface area contributed by atoms with Gasteiger partial charge < -0.3 is 23.0 Å². The van der Waals surface area contributed by atoms with E-state index < -0.39 is 5.97 Å². The number of rotatable bonds is 10. The van der Waals surface area contributed by atoms with Crippen LogP contribution < -0.4 is 4.74 Å². The van der Waals surface area contributed by atoms with E-state index in [0.717, 1.165) is 22.4 Å². The average molecular weight is 462 g/mol. The fraction of sp³-hybridized carbons (Fsp3) is 0.259. The van der Waals surface area contributed by atoms with Gasteiger partial charge in [0, 0.05) is 17.5 Å². The molecule has 0 aliphatic rings. The summed E-state index contributed by atoms with van der Waals surface area (Å²) in [5.41, 5.74) is 3.10. The first-order valence-electron chi connectivity index (χ1n) is 11.3. The number of ether oxygens (including phenoxy) is 3. The first-order valence-corrected chi connectivity index (χ1v) is 11.3. The van der Waals surface area contributed by atoms with E-state index in [1.807, 2.05) is 62.4 Å². The van der Waals surface area contributed by atoms with Gasteiger partial charge in [0.1, 0.15) is 17.1 Å². The minimum absolute atomic E-state index is 0.131. The van der Waals surface area contributed by atoms with Crippen LogP contribution in [-0.2, 0) is 20.7 Å². The third-order valence-corrected chi connectivity index (χ3v) is 5.18. The molecule has 7 nitrogen and oxygen atoms in total. The predicted octanol–water partition coefficient (Wildman–Crippen LogP) is 5.96. The van der Waals surface area contributed by atoms with Crippen LogP contribution in [0, 0.1) is 6.92 Å². The van der Waals surface area contributed by atoms with Crippen LogP contribution in [0.15, 0.2) is 69.4 Å². The Kier molecular flexibility index (Phi) is 7.32. The third kappa shape index (κ3) is 5.14. The first kappa shape index (κ1) is 23.2. The van der Waals surface area contributed by atoms with Crippen LogP contribution in [0.25, 0.3) is 28.5 Å². The summed E-state index contributed by atoms with van der Waals surface area (Å²) in [6.45, 7) is 6.51. The van der Waals surface area contributed by atoms with Crippen molar-refractivity contribution < 1.29 is 27.8 Å². The number of hydrogen-bond acceptors (Lipinski definition) is 7. The van der Waals surface area contributed by atoms with Gasteiger partial charge in [-0.25, -0.2) is 9.78 Å². The number of benzene rings is 2. The highest BCUT2D eigenvalue weighted by Gasteiger charge is 2.16. The van der Waals surface area contributed by atoms with Crippen LogP contribution in [0.4, 0.5) is 0 Å². The lowest BCUT2D eigenvalue weighted by molar-refractivity contribution is -0.142. The van der Waals surface area contributed by atoms with Crippen LogP contribution in [0.3, 0.4) is 0 Å². The highest BCUT2D eigenvalue weighted by molar-refractivity contribution is 5.96. The van der Waals surface area contributed by atoms with Gasteiger partial charge >= 0.3 is 5.97 Å². The van der Waals surface area contributed by atoms with Crippen molar-refractivity contribution in [1.29, 1.82) is 0 Å². The molecule has 0 saturated heterocycles. The van der Waals surface area contributed by atoms with Gasteiger partial charge in [-0.2, -0.15) is 0 Å². The van der Waals surface area contributed by atoms with E-state index in [9.17, 15) is 4.79 Å². The molecule has 0 fully saturated rings. The van der Waals surface area contributed by atoms with Crippen LogP contribution >= 0.6 is 0 Å². The molecule has 0 aliphatic heterocycles. The van der Waals surface area contributed by atoms with Gasteiger partial charge in [0.2, 0.25) is 11.6 Å². The second-order valence-electron chi connectivity index (χ2n) is 7.46. The molecule has 34 heavy (non-hydrogen) atoms. The zero-order valence-electron chi connectivity index (χ0n) is 19.5. The van der Waals surface area contributed by atoms with Crippen LogP contribution in [0.5, 0.6) is 5.75 Å². The Bertz CT molecular complexity index is 1290. The Morgan fingerprint density at radius 1 is 1.03 bits per heavy atom. The second kappa shape index (κ2) is 10.7. The maximum absolute atomic E-state index is 12.2. The minimum atomic E-state index is -0.512. The molecule has 2 aromatic carbocycles. The molecule has 0 radical (unpaired) electrons. The van der Waals surface area contributed by atoms with Crippen LogP contribution in [0.1, 0.15) is 30.9 Å². The van der Waals surface area contributed by atoms with Gasteiger partial charge in [-0.1, -0.05) is 18.2 Å². The topological polar surface area (TPSA) is 83.9 Å². The summed E-state index contributed by atoms with van der Waals surface area (Å²) in [5, 5.41) is 0.801. The predicted molar refractivity (Wildman–Crippen MR) is 128 cm³/mol. The number of fused-ring (bicyclic) bond motifs is 1. The Balaban J connectivity index is 1.49. The van der Waals surface area contributed by atoms with E-state index in [4.69, 9.17) is 23.0 Å². The van der Waals surface area contributed by atoms with E-state index >= 15 is 0 Å². The third-order valence-electron chi connectivity index (χ3n) is 5.18. The molecule has 2 aromatic heterocycles. The van der Waals surface area contributed by atoms with E-state index in [-0.39, 0.29) is 12.4 Å². The number of furan rings is 1. The van der Waals surface area contributed by atoms with Crippen LogP contribution in [0.2, 0.25) is 0 Å². The van der Waals surface area contributed by atoms with Crippen molar-refractivity contribution in [2.45, 2.75) is 27.2 Å². The highest BCUT2D eigenvalue weighted by Crippen LogP contribution is 2.31. The molecule has 0 amide bonds. The summed E-state index contributed by atoms with van der Waals surface area (Å²) in [6, 6.07) is 15.3. The summed E-state index contributed by atoms with van der Waals surface area (Å²) < 4.78 is 28.1. The summed E-state index contributed by atoms with van der Waals surface area (Å²) in [4.78, 5) is 16.8. The molecule has 0 unspecified atom stereocenters. The Morgan fingerprint density at radius 2 is 1.82 bits per heavy atom. The summed E-state index contributed by atoms with van der Waals surface area (Å²) in [6.07, 6.45) is 3.81. The highest BCUT2D eigenvalue weighted by atomic mass is 16.6. The number of oxazole rings is 1. The molecule has 0 N–H and O–H groups in total. The zero-order chi connectivity index (χ0) is 23.9. The van der Waals surface area contributed by atoms with Crippen molar-refractivity contribution in [3.8, 4) is 17.2 Å². The molecule has 7 heteroatoms. The number of aryl methyl sites for hydroxylation is 1. The van der Waals surface area contributed by atoms with Crippen molar-refractivity contribution in [3.05, 3.63) is 77.6 Å². The molecule has 0 spiro atoms. The molecule has 0 bridgehead atoms. The zero-order valence-corrected chi connectivity index (χ0v) is 19.5. The summed E-state index contributed by atoms with van der Waals surface area (Å²) in [5.74, 6) is 1.68. The molecule has 0 aliphatic carbocycles. The standard InChI is InChI=1S/C27H27NO6/c1-4-30-24(27(29)31-5-2)17-20-11-12-23(21-13-15-33-25(20)21)32-16-14-22-18(3)34-26(28-22)19-9-7-6-8-10-19/h6-13,15,17H,4-5,14,16H2,1-3H3/b24-17-. The monoisotopic (exact) mass is 461 g/mol. The lowest BCUT2D eigenvalue weighted by Gasteiger charge is -2.10. The van der Waals surface area contributed by atoms with Crippen molar-refractivity contribution in [1.82, 2.24) is 4.98 Å². The quantitative estimate of drug-likeness (QED) is 0.164. The van der Waals surface area contributed by atoms with Crippen molar-refractivity contribution in [3.63, 3.8) is 0 Å². The largest absolute Gasteiger partial charge is 0.492 e. The number of nitrogens with zero attached hydrogens (tertiary/aromatic N) is 1. The fourth-order valence-corrected chi connectivity index (χ4v) is 3.58. The number of carbonyl (C=O) groups is 1. The minimum Gasteiger partial charge on any atom is -0.492 e. The van der Waals surface area contributed by atoms with Gasteiger partial charge in [0.25, 0.3) is 0 Å². The van der Waals surface area contributed by atoms with E-state index in [1.54, 1.807) is 19.3 Å².